The maximum atomic E-state index is 2.42. The zero-order valence-corrected chi connectivity index (χ0v) is 13.7. The van der Waals surface area contributed by atoms with Crippen LogP contribution in [0.4, 0.5) is 0 Å². The minimum Gasteiger partial charge on any atom is -0.0654 e. The van der Waals surface area contributed by atoms with Gasteiger partial charge in [-0.3, -0.25) is 0 Å². The fourth-order valence-corrected chi connectivity index (χ4v) is 3.36. The first-order valence-corrected chi connectivity index (χ1v) is 8.25. The lowest BCUT2D eigenvalue weighted by Crippen LogP contribution is -2.23. The van der Waals surface area contributed by atoms with Crippen molar-refractivity contribution in [1.29, 1.82) is 0 Å². The first-order chi connectivity index (χ1) is 10.1. The summed E-state index contributed by atoms with van der Waals surface area (Å²) in [5.74, 6) is 0.469. The highest BCUT2D eigenvalue weighted by Gasteiger charge is 2.31. The first-order valence-electron chi connectivity index (χ1n) is 8.25. The highest BCUT2D eigenvalue weighted by atomic mass is 14.3. The van der Waals surface area contributed by atoms with Gasteiger partial charge in [0.05, 0.1) is 0 Å². The van der Waals surface area contributed by atoms with E-state index in [2.05, 4.69) is 81.4 Å². The van der Waals surface area contributed by atoms with Gasteiger partial charge in [-0.2, -0.15) is 0 Å². The van der Waals surface area contributed by atoms with Crippen molar-refractivity contribution in [2.75, 3.05) is 0 Å². The first kappa shape index (κ1) is 15.8. The molecule has 0 saturated carbocycles. The SMILES string of the molecule is CCCCCC(C)(C)C(c1ccccc1)c1ccccc1. The van der Waals surface area contributed by atoms with Gasteiger partial charge in [0.2, 0.25) is 0 Å². The van der Waals surface area contributed by atoms with E-state index in [4.69, 9.17) is 0 Å². The average molecular weight is 280 g/mol. The van der Waals surface area contributed by atoms with E-state index in [1.807, 2.05) is 0 Å². The van der Waals surface area contributed by atoms with Crippen LogP contribution in [0.15, 0.2) is 60.7 Å². The van der Waals surface area contributed by atoms with Crippen molar-refractivity contribution in [3.05, 3.63) is 71.8 Å². The number of benzene rings is 2. The quantitative estimate of drug-likeness (QED) is 0.513. The third-order valence-electron chi connectivity index (χ3n) is 4.47. The van der Waals surface area contributed by atoms with E-state index < -0.39 is 0 Å². The maximum absolute atomic E-state index is 2.42. The molecule has 2 aromatic rings. The fraction of sp³-hybridized carbons (Fsp3) is 0.429. The van der Waals surface area contributed by atoms with Gasteiger partial charge in [0.25, 0.3) is 0 Å². The molecule has 2 rings (SSSR count). The van der Waals surface area contributed by atoms with Gasteiger partial charge >= 0.3 is 0 Å². The third-order valence-corrected chi connectivity index (χ3v) is 4.47. The van der Waals surface area contributed by atoms with Gasteiger partial charge in [0.1, 0.15) is 0 Å². The predicted octanol–water partition coefficient (Wildman–Crippen LogP) is 6.43. The second-order valence-electron chi connectivity index (χ2n) is 6.70. The zero-order chi connectivity index (χ0) is 15.1. The van der Waals surface area contributed by atoms with Crippen molar-refractivity contribution in [3.8, 4) is 0 Å². The minimum absolute atomic E-state index is 0.276. The molecule has 0 saturated heterocycles. The van der Waals surface area contributed by atoms with E-state index in [9.17, 15) is 0 Å². The fourth-order valence-electron chi connectivity index (χ4n) is 3.36. The second-order valence-corrected chi connectivity index (χ2v) is 6.70. The van der Waals surface area contributed by atoms with Crippen LogP contribution in [0.5, 0.6) is 0 Å². The van der Waals surface area contributed by atoms with Crippen molar-refractivity contribution >= 4 is 0 Å². The van der Waals surface area contributed by atoms with Gasteiger partial charge in [-0.1, -0.05) is 101 Å². The molecule has 0 heteroatoms. The monoisotopic (exact) mass is 280 g/mol. The number of rotatable bonds is 7. The molecule has 0 spiro atoms. The molecule has 0 bridgehead atoms. The molecule has 112 valence electrons. The molecule has 0 fully saturated rings. The van der Waals surface area contributed by atoms with E-state index in [0.29, 0.717) is 5.92 Å². The number of hydrogen-bond acceptors (Lipinski definition) is 0. The summed E-state index contributed by atoms with van der Waals surface area (Å²) in [6.45, 7) is 7.12. The number of unbranched alkanes of at least 4 members (excludes halogenated alkanes) is 2. The Balaban J connectivity index is 2.32. The Morgan fingerprint density at radius 3 is 1.67 bits per heavy atom. The summed E-state index contributed by atoms with van der Waals surface area (Å²) < 4.78 is 0. The lowest BCUT2D eigenvalue weighted by atomic mass is 9.69. The molecule has 0 aliphatic carbocycles. The number of hydrogen-bond donors (Lipinski definition) is 0. The van der Waals surface area contributed by atoms with Crippen LogP contribution in [0.2, 0.25) is 0 Å². The Kier molecular flexibility index (Phi) is 5.61. The Morgan fingerprint density at radius 1 is 0.762 bits per heavy atom. The van der Waals surface area contributed by atoms with E-state index >= 15 is 0 Å². The molecule has 0 aromatic heterocycles. The second kappa shape index (κ2) is 7.45. The summed E-state index contributed by atoms with van der Waals surface area (Å²) >= 11 is 0. The normalized spacial score (nSPS) is 11.8. The molecular weight excluding hydrogens is 252 g/mol. The highest BCUT2D eigenvalue weighted by Crippen LogP contribution is 2.44. The van der Waals surface area contributed by atoms with E-state index in [-0.39, 0.29) is 5.41 Å². The lowest BCUT2D eigenvalue weighted by molar-refractivity contribution is 0.280. The van der Waals surface area contributed by atoms with Crippen molar-refractivity contribution in [2.45, 2.75) is 52.4 Å². The van der Waals surface area contributed by atoms with Crippen LogP contribution in [-0.2, 0) is 0 Å². The molecule has 0 nitrogen and oxygen atoms in total. The van der Waals surface area contributed by atoms with Crippen molar-refractivity contribution in [1.82, 2.24) is 0 Å². The molecule has 2 aromatic carbocycles. The Morgan fingerprint density at radius 2 is 1.24 bits per heavy atom. The molecule has 0 radical (unpaired) electrons. The molecule has 0 heterocycles. The van der Waals surface area contributed by atoms with Crippen molar-refractivity contribution in [2.24, 2.45) is 5.41 Å². The van der Waals surface area contributed by atoms with E-state index in [1.54, 1.807) is 0 Å². The van der Waals surface area contributed by atoms with E-state index in [1.165, 1.54) is 36.8 Å². The lowest BCUT2D eigenvalue weighted by Gasteiger charge is -2.35. The van der Waals surface area contributed by atoms with Crippen LogP contribution in [0.25, 0.3) is 0 Å². The van der Waals surface area contributed by atoms with Crippen LogP contribution in [0.1, 0.15) is 63.5 Å². The van der Waals surface area contributed by atoms with Crippen LogP contribution in [0.3, 0.4) is 0 Å². The summed E-state index contributed by atoms with van der Waals surface area (Å²) in [4.78, 5) is 0. The predicted molar refractivity (Wildman–Crippen MR) is 92.7 cm³/mol. The smallest absolute Gasteiger partial charge is 0.0140 e. The van der Waals surface area contributed by atoms with Gasteiger partial charge in [-0.25, -0.2) is 0 Å². The maximum Gasteiger partial charge on any atom is 0.0140 e. The van der Waals surface area contributed by atoms with Gasteiger partial charge in [-0.15, -0.1) is 0 Å². The van der Waals surface area contributed by atoms with Gasteiger partial charge in [0, 0.05) is 5.92 Å². The minimum atomic E-state index is 0.276. The van der Waals surface area contributed by atoms with Crippen LogP contribution in [0, 0.1) is 5.41 Å². The van der Waals surface area contributed by atoms with Gasteiger partial charge in [0.15, 0.2) is 0 Å². The van der Waals surface area contributed by atoms with Crippen LogP contribution >= 0.6 is 0 Å². The van der Waals surface area contributed by atoms with Crippen molar-refractivity contribution < 1.29 is 0 Å². The molecular formula is C21H28. The molecule has 0 aliphatic heterocycles. The Labute approximate surface area is 130 Å². The molecule has 0 unspecified atom stereocenters. The third kappa shape index (κ3) is 4.20. The summed E-state index contributed by atoms with van der Waals surface area (Å²) in [5, 5.41) is 0. The van der Waals surface area contributed by atoms with Crippen molar-refractivity contribution in [3.63, 3.8) is 0 Å². The molecule has 0 amide bonds. The van der Waals surface area contributed by atoms with Gasteiger partial charge < -0.3 is 0 Å². The largest absolute Gasteiger partial charge is 0.0654 e. The molecule has 0 aliphatic rings. The topological polar surface area (TPSA) is 0 Å². The average Bonchev–Trinajstić information content (AvgIpc) is 2.49. The Bertz CT molecular complexity index is 471. The summed E-state index contributed by atoms with van der Waals surface area (Å²) in [7, 11) is 0. The van der Waals surface area contributed by atoms with Crippen LogP contribution in [-0.4, -0.2) is 0 Å². The highest BCUT2D eigenvalue weighted by molar-refractivity contribution is 5.34. The summed E-state index contributed by atoms with van der Waals surface area (Å²) in [6.07, 6.45) is 5.21. The standard InChI is InChI=1S/C21H28/c1-4-5-12-17-21(2,3)20(18-13-8-6-9-14-18)19-15-10-7-11-16-19/h6-11,13-16,20H,4-5,12,17H2,1-3H3. The zero-order valence-electron chi connectivity index (χ0n) is 13.7. The van der Waals surface area contributed by atoms with Gasteiger partial charge in [-0.05, 0) is 23.0 Å². The van der Waals surface area contributed by atoms with E-state index in [0.717, 1.165) is 0 Å². The summed E-state index contributed by atoms with van der Waals surface area (Å²) in [5.41, 5.74) is 3.15. The molecule has 0 N–H and O–H groups in total. The summed E-state index contributed by atoms with van der Waals surface area (Å²) in [6, 6.07) is 22.0. The Hall–Kier alpha value is -1.56. The molecule has 0 atom stereocenters. The molecule has 21 heavy (non-hydrogen) atoms. The van der Waals surface area contributed by atoms with Crippen LogP contribution < -0.4 is 0 Å².